The first-order chi connectivity index (χ1) is 8.89. The van der Waals surface area contributed by atoms with Gasteiger partial charge in [0.2, 0.25) is 0 Å². The molecule has 2 rings (SSSR count). The van der Waals surface area contributed by atoms with Gasteiger partial charge < -0.3 is 15.1 Å². The molecule has 19 heavy (non-hydrogen) atoms. The first-order valence-corrected chi connectivity index (χ1v) is 8.05. The largest absolute Gasteiger partial charge is 0.311 e. The first-order valence-electron chi connectivity index (χ1n) is 8.05. The summed E-state index contributed by atoms with van der Waals surface area (Å²) in [5, 5.41) is 3.60. The molecule has 2 saturated heterocycles. The summed E-state index contributed by atoms with van der Waals surface area (Å²) in [5.74, 6) is 0. The van der Waals surface area contributed by atoms with E-state index in [1.165, 1.54) is 58.4 Å². The molecule has 2 fully saturated rings. The lowest BCUT2D eigenvalue weighted by atomic mass is 9.71. The van der Waals surface area contributed by atoms with E-state index in [0.29, 0.717) is 5.41 Å². The van der Waals surface area contributed by atoms with E-state index in [4.69, 9.17) is 0 Å². The van der Waals surface area contributed by atoms with Crippen LogP contribution in [0.3, 0.4) is 0 Å². The zero-order chi connectivity index (χ0) is 13.9. The van der Waals surface area contributed by atoms with Crippen molar-refractivity contribution in [2.75, 3.05) is 46.3 Å². The third-order valence-corrected chi connectivity index (χ3v) is 5.05. The summed E-state index contributed by atoms with van der Waals surface area (Å²) in [7, 11) is 2.26. The van der Waals surface area contributed by atoms with Gasteiger partial charge in [0.1, 0.15) is 0 Å². The zero-order valence-electron chi connectivity index (χ0n) is 13.5. The molecule has 0 aromatic heterocycles. The molecule has 0 aliphatic carbocycles. The van der Waals surface area contributed by atoms with Crippen LogP contribution in [0.2, 0.25) is 0 Å². The minimum Gasteiger partial charge on any atom is -0.311 e. The van der Waals surface area contributed by atoms with Crippen LogP contribution in [0.5, 0.6) is 0 Å². The summed E-state index contributed by atoms with van der Waals surface area (Å²) < 4.78 is 0. The Morgan fingerprint density at radius 1 is 0.947 bits per heavy atom. The predicted molar refractivity (Wildman–Crippen MR) is 82.6 cm³/mol. The normalized spacial score (nSPS) is 25.9. The highest BCUT2D eigenvalue weighted by Crippen LogP contribution is 2.40. The zero-order valence-corrected chi connectivity index (χ0v) is 13.5. The van der Waals surface area contributed by atoms with E-state index in [-0.39, 0.29) is 5.54 Å². The summed E-state index contributed by atoms with van der Waals surface area (Å²) in [6.07, 6.45) is 5.71. The van der Waals surface area contributed by atoms with E-state index in [0.717, 1.165) is 6.54 Å². The molecule has 0 bridgehead atoms. The van der Waals surface area contributed by atoms with Crippen LogP contribution in [0.1, 0.15) is 46.5 Å². The Morgan fingerprint density at radius 3 is 2.00 bits per heavy atom. The van der Waals surface area contributed by atoms with Crippen molar-refractivity contribution in [1.29, 1.82) is 0 Å². The Hall–Kier alpha value is -0.120. The average Bonchev–Trinajstić information content (AvgIpc) is 2.34. The number of rotatable bonds is 3. The summed E-state index contributed by atoms with van der Waals surface area (Å²) >= 11 is 0. The van der Waals surface area contributed by atoms with Crippen molar-refractivity contribution in [1.82, 2.24) is 15.1 Å². The number of nitrogens with zero attached hydrogens (tertiary/aromatic N) is 2. The highest BCUT2D eigenvalue weighted by molar-refractivity contribution is 4.90. The van der Waals surface area contributed by atoms with Gasteiger partial charge in [-0.3, -0.25) is 0 Å². The fraction of sp³-hybridized carbons (Fsp3) is 1.00. The molecule has 0 saturated carbocycles. The van der Waals surface area contributed by atoms with Crippen LogP contribution in [0.15, 0.2) is 0 Å². The highest BCUT2D eigenvalue weighted by Gasteiger charge is 2.36. The molecule has 0 aromatic rings. The second-order valence-corrected chi connectivity index (χ2v) is 7.82. The molecule has 0 atom stereocenters. The van der Waals surface area contributed by atoms with E-state index in [1.807, 2.05) is 0 Å². The minimum absolute atomic E-state index is 0.255. The molecule has 2 heterocycles. The quantitative estimate of drug-likeness (QED) is 0.845. The van der Waals surface area contributed by atoms with Gasteiger partial charge in [-0.05, 0) is 85.1 Å². The Kier molecular flexibility index (Phi) is 4.91. The molecule has 3 heteroatoms. The topological polar surface area (TPSA) is 18.5 Å². The smallest absolute Gasteiger partial charge is 0.0107 e. The lowest BCUT2D eigenvalue weighted by molar-refractivity contribution is 0.0427. The Bertz CT molecular complexity index is 264. The SMILES string of the molecule is CN1CCC2(CC1)CCN(CCNC(C)(C)C)CC2. The van der Waals surface area contributed by atoms with Crippen molar-refractivity contribution in [2.45, 2.75) is 52.0 Å². The standard InChI is InChI=1S/C16H33N3/c1-15(2,3)17-9-14-19-12-7-16(8-13-19)5-10-18(4)11-6-16/h17H,5-14H2,1-4H3. The van der Waals surface area contributed by atoms with Gasteiger partial charge in [-0.15, -0.1) is 0 Å². The van der Waals surface area contributed by atoms with Crippen molar-refractivity contribution >= 4 is 0 Å². The average molecular weight is 267 g/mol. The lowest BCUT2D eigenvalue weighted by Crippen LogP contribution is -2.48. The van der Waals surface area contributed by atoms with Crippen molar-refractivity contribution in [3.05, 3.63) is 0 Å². The van der Waals surface area contributed by atoms with E-state index >= 15 is 0 Å². The van der Waals surface area contributed by atoms with Gasteiger partial charge in [0.15, 0.2) is 0 Å². The van der Waals surface area contributed by atoms with E-state index in [1.54, 1.807) is 0 Å². The third-order valence-electron chi connectivity index (χ3n) is 5.05. The van der Waals surface area contributed by atoms with Gasteiger partial charge in [0.25, 0.3) is 0 Å². The molecule has 3 nitrogen and oxygen atoms in total. The Labute approximate surface area is 119 Å². The van der Waals surface area contributed by atoms with E-state index in [9.17, 15) is 0 Å². The molecule has 1 N–H and O–H groups in total. The summed E-state index contributed by atoms with van der Waals surface area (Å²) in [6, 6.07) is 0. The van der Waals surface area contributed by atoms with Gasteiger partial charge in [-0.1, -0.05) is 0 Å². The van der Waals surface area contributed by atoms with E-state index < -0.39 is 0 Å². The molecule has 1 spiro atoms. The summed E-state index contributed by atoms with van der Waals surface area (Å²) in [5.41, 5.74) is 0.950. The minimum atomic E-state index is 0.255. The first kappa shape index (κ1) is 15.3. The molecular weight excluding hydrogens is 234 g/mol. The molecule has 0 aromatic carbocycles. The maximum Gasteiger partial charge on any atom is 0.0107 e. The fourth-order valence-electron chi connectivity index (χ4n) is 3.43. The van der Waals surface area contributed by atoms with Crippen LogP contribution in [0.25, 0.3) is 0 Å². The molecule has 2 aliphatic heterocycles. The van der Waals surface area contributed by atoms with E-state index in [2.05, 4.69) is 42.9 Å². The monoisotopic (exact) mass is 267 g/mol. The maximum atomic E-state index is 3.60. The van der Waals surface area contributed by atoms with Crippen LogP contribution < -0.4 is 5.32 Å². The number of likely N-dealkylation sites (tertiary alicyclic amines) is 2. The summed E-state index contributed by atoms with van der Waals surface area (Å²) in [4.78, 5) is 5.15. The van der Waals surface area contributed by atoms with Gasteiger partial charge in [0.05, 0.1) is 0 Å². The number of piperidine rings is 2. The van der Waals surface area contributed by atoms with Crippen molar-refractivity contribution in [3.63, 3.8) is 0 Å². The van der Waals surface area contributed by atoms with Gasteiger partial charge >= 0.3 is 0 Å². The van der Waals surface area contributed by atoms with Gasteiger partial charge in [0, 0.05) is 18.6 Å². The Balaban J connectivity index is 1.68. The fourth-order valence-corrected chi connectivity index (χ4v) is 3.43. The van der Waals surface area contributed by atoms with Crippen molar-refractivity contribution in [3.8, 4) is 0 Å². The van der Waals surface area contributed by atoms with Crippen LogP contribution in [0, 0.1) is 5.41 Å². The second kappa shape index (κ2) is 6.11. The lowest BCUT2D eigenvalue weighted by Gasteiger charge is -2.46. The van der Waals surface area contributed by atoms with Crippen LogP contribution in [-0.4, -0.2) is 61.7 Å². The predicted octanol–water partition coefficient (Wildman–Crippen LogP) is 2.18. The van der Waals surface area contributed by atoms with Gasteiger partial charge in [-0.2, -0.15) is 0 Å². The number of nitrogens with one attached hydrogen (secondary N) is 1. The van der Waals surface area contributed by atoms with Crippen LogP contribution in [-0.2, 0) is 0 Å². The maximum absolute atomic E-state index is 3.60. The molecule has 2 aliphatic rings. The van der Waals surface area contributed by atoms with Crippen LogP contribution >= 0.6 is 0 Å². The van der Waals surface area contributed by atoms with Crippen molar-refractivity contribution in [2.24, 2.45) is 5.41 Å². The number of hydrogen-bond donors (Lipinski definition) is 1. The molecule has 0 unspecified atom stereocenters. The van der Waals surface area contributed by atoms with Crippen molar-refractivity contribution < 1.29 is 0 Å². The van der Waals surface area contributed by atoms with Crippen LogP contribution in [0.4, 0.5) is 0 Å². The molecule has 0 amide bonds. The highest BCUT2D eigenvalue weighted by atomic mass is 15.2. The van der Waals surface area contributed by atoms with Gasteiger partial charge in [-0.25, -0.2) is 0 Å². The Morgan fingerprint density at radius 2 is 1.47 bits per heavy atom. The molecule has 0 radical (unpaired) electrons. The summed E-state index contributed by atoms with van der Waals surface area (Å²) in [6.45, 7) is 14.3. The second-order valence-electron chi connectivity index (χ2n) is 7.82. The molecule has 112 valence electrons. The molecular formula is C16H33N3. The third kappa shape index (κ3) is 4.73. The number of hydrogen-bond acceptors (Lipinski definition) is 3.